The van der Waals surface area contributed by atoms with E-state index in [9.17, 15) is 18.5 Å². The molecule has 1 aromatic carbocycles. The lowest BCUT2D eigenvalue weighted by Gasteiger charge is -2.09. The normalized spacial score (nSPS) is 11.1. The van der Waals surface area contributed by atoms with E-state index in [0.717, 1.165) is 12.1 Å². The fourth-order valence-corrected chi connectivity index (χ4v) is 3.46. The fraction of sp³-hybridized carbons (Fsp3) is 0. The Bertz CT molecular complexity index is 813. The van der Waals surface area contributed by atoms with Crippen LogP contribution in [0.2, 0.25) is 5.15 Å². The quantitative estimate of drug-likeness (QED) is 0.489. The van der Waals surface area contributed by atoms with E-state index in [1.54, 1.807) is 0 Å². The lowest BCUT2D eigenvalue weighted by Crippen LogP contribution is -2.14. The summed E-state index contributed by atoms with van der Waals surface area (Å²) in [5, 5.41) is 11.0. The Morgan fingerprint density at radius 3 is 2.62 bits per heavy atom. The number of anilines is 1. The van der Waals surface area contributed by atoms with Gasteiger partial charge in [0.25, 0.3) is 15.7 Å². The molecule has 2 aromatic rings. The van der Waals surface area contributed by atoms with Gasteiger partial charge in [-0.2, -0.15) is 0 Å². The van der Waals surface area contributed by atoms with Crippen LogP contribution in [-0.4, -0.2) is 18.3 Å². The standard InChI is InChI=1S/C11H7BrClN3O4S/c12-7-1-2-9(16(17)18)10(5-7)21(19,20)15-8-3-4-14-11(13)6-8/h1-6H,(H,14,15). The Morgan fingerprint density at radius 2 is 2.00 bits per heavy atom. The molecule has 1 heterocycles. The molecule has 0 aliphatic heterocycles. The third-order valence-corrected chi connectivity index (χ3v) is 4.50. The van der Waals surface area contributed by atoms with Crippen molar-refractivity contribution in [1.29, 1.82) is 0 Å². The molecule has 21 heavy (non-hydrogen) atoms. The van der Waals surface area contributed by atoms with Crippen molar-refractivity contribution >= 4 is 48.9 Å². The van der Waals surface area contributed by atoms with Gasteiger partial charge in [-0.25, -0.2) is 13.4 Å². The third kappa shape index (κ3) is 3.69. The first-order valence-corrected chi connectivity index (χ1v) is 8.03. The number of nitro benzene ring substituents is 1. The van der Waals surface area contributed by atoms with Gasteiger partial charge in [-0.3, -0.25) is 14.8 Å². The smallest absolute Gasteiger partial charge is 0.279 e. The summed E-state index contributed by atoms with van der Waals surface area (Å²) < 4.78 is 27.2. The highest BCUT2D eigenvalue weighted by Gasteiger charge is 2.26. The Labute approximate surface area is 133 Å². The highest BCUT2D eigenvalue weighted by atomic mass is 79.9. The molecule has 0 aliphatic carbocycles. The number of sulfonamides is 1. The minimum absolute atomic E-state index is 0.0962. The average Bonchev–Trinajstić information content (AvgIpc) is 2.37. The number of hydrogen-bond acceptors (Lipinski definition) is 5. The number of aromatic nitrogens is 1. The lowest BCUT2D eigenvalue weighted by atomic mass is 10.3. The minimum atomic E-state index is -4.14. The first-order valence-electron chi connectivity index (χ1n) is 5.38. The van der Waals surface area contributed by atoms with E-state index < -0.39 is 25.5 Å². The molecule has 0 amide bonds. The molecule has 110 valence electrons. The van der Waals surface area contributed by atoms with Crippen molar-refractivity contribution in [1.82, 2.24) is 4.98 Å². The number of nitrogens with zero attached hydrogens (tertiary/aromatic N) is 2. The minimum Gasteiger partial charge on any atom is -0.279 e. The Morgan fingerprint density at radius 1 is 1.29 bits per heavy atom. The van der Waals surface area contributed by atoms with Crippen molar-refractivity contribution in [3.63, 3.8) is 0 Å². The topological polar surface area (TPSA) is 102 Å². The van der Waals surface area contributed by atoms with Crippen LogP contribution in [0, 0.1) is 10.1 Å². The van der Waals surface area contributed by atoms with Crippen molar-refractivity contribution in [2.45, 2.75) is 4.90 Å². The molecule has 1 aromatic heterocycles. The van der Waals surface area contributed by atoms with Gasteiger partial charge in [0.2, 0.25) is 0 Å². The highest BCUT2D eigenvalue weighted by molar-refractivity contribution is 9.10. The van der Waals surface area contributed by atoms with Gasteiger partial charge in [-0.1, -0.05) is 27.5 Å². The Kier molecular flexibility index (Phi) is 4.45. The van der Waals surface area contributed by atoms with Crippen molar-refractivity contribution < 1.29 is 13.3 Å². The Hall–Kier alpha value is -1.71. The molecule has 0 saturated carbocycles. The van der Waals surface area contributed by atoms with Crippen LogP contribution in [0.25, 0.3) is 0 Å². The van der Waals surface area contributed by atoms with Crippen LogP contribution in [0.15, 0.2) is 45.9 Å². The van der Waals surface area contributed by atoms with E-state index in [1.807, 2.05) is 0 Å². The molecular weight excluding hydrogens is 386 g/mol. The molecule has 10 heteroatoms. The summed E-state index contributed by atoms with van der Waals surface area (Å²) in [5.41, 5.74) is -0.366. The highest BCUT2D eigenvalue weighted by Crippen LogP contribution is 2.29. The number of rotatable bonds is 4. The van der Waals surface area contributed by atoms with Gasteiger partial charge in [0.05, 0.1) is 10.6 Å². The molecule has 0 spiro atoms. The summed E-state index contributed by atoms with van der Waals surface area (Å²) in [6.07, 6.45) is 1.31. The summed E-state index contributed by atoms with van der Waals surface area (Å²) in [5.74, 6) is 0. The van der Waals surface area contributed by atoms with Crippen molar-refractivity contribution in [3.8, 4) is 0 Å². The second-order valence-corrected chi connectivity index (χ2v) is 6.80. The van der Waals surface area contributed by atoms with Crippen molar-refractivity contribution in [3.05, 3.63) is 56.3 Å². The molecule has 0 saturated heterocycles. The zero-order valence-electron chi connectivity index (χ0n) is 10.2. The van der Waals surface area contributed by atoms with Gasteiger partial charge in [-0.15, -0.1) is 0 Å². The number of nitro groups is 1. The Balaban J connectivity index is 2.49. The van der Waals surface area contributed by atoms with E-state index >= 15 is 0 Å². The first kappa shape index (κ1) is 15.7. The average molecular weight is 393 g/mol. The number of pyridine rings is 1. The molecule has 2 rings (SSSR count). The van der Waals surface area contributed by atoms with E-state index in [1.165, 1.54) is 24.4 Å². The van der Waals surface area contributed by atoms with E-state index in [-0.39, 0.29) is 10.8 Å². The molecule has 7 nitrogen and oxygen atoms in total. The van der Waals surface area contributed by atoms with Crippen molar-refractivity contribution in [2.24, 2.45) is 0 Å². The molecule has 0 aliphatic rings. The maximum Gasteiger partial charge on any atom is 0.289 e. The van der Waals surface area contributed by atoms with Crippen LogP contribution < -0.4 is 4.72 Å². The van der Waals surface area contributed by atoms with Gasteiger partial charge in [-0.05, 0) is 24.3 Å². The van der Waals surface area contributed by atoms with Crippen LogP contribution in [0.3, 0.4) is 0 Å². The molecule has 0 fully saturated rings. The van der Waals surface area contributed by atoms with Gasteiger partial charge in [0, 0.05) is 16.7 Å². The lowest BCUT2D eigenvalue weighted by molar-refractivity contribution is -0.387. The second-order valence-electron chi connectivity index (χ2n) is 3.84. The number of nitrogens with one attached hydrogen (secondary N) is 1. The van der Waals surface area contributed by atoms with Crippen LogP contribution in [0.1, 0.15) is 0 Å². The summed E-state index contributed by atoms with van der Waals surface area (Å²) in [6, 6.07) is 6.33. The third-order valence-electron chi connectivity index (χ3n) is 2.39. The molecule has 1 N–H and O–H groups in total. The summed E-state index contributed by atoms with van der Waals surface area (Å²) in [6.45, 7) is 0. The molecular formula is C11H7BrClN3O4S. The molecule has 0 bridgehead atoms. The van der Waals surface area contributed by atoms with E-state index in [0.29, 0.717) is 4.47 Å². The molecule has 0 radical (unpaired) electrons. The van der Waals surface area contributed by atoms with E-state index in [4.69, 9.17) is 11.6 Å². The largest absolute Gasteiger partial charge is 0.289 e. The van der Waals surface area contributed by atoms with Gasteiger partial charge < -0.3 is 0 Å². The fourth-order valence-electron chi connectivity index (χ4n) is 1.53. The van der Waals surface area contributed by atoms with Crippen molar-refractivity contribution in [2.75, 3.05) is 4.72 Å². The van der Waals surface area contributed by atoms with E-state index in [2.05, 4.69) is 25.6 Å². The predicted octanol–water partition coefficient (Wildman–Crippen LogP) is 3.21. The van der Waals surface area contributed by atoms with Crippen LogP contribution in [-0.2, 0) is 10.0 Å². The van der Waals surface area contributed by atoms with Gasteiger partial charge in [0.15, 0.2) is 4.90 Å². The zero-order chi connectivity index (χ0) is 15.6. The van der Waals surface area contributed by atoms with Gasteiger partial charge in [0.1, 0.15) is 5.15 Å². The predicted molar refractivity (Wildman–Crippen MR) is 80.9 cm³/mol. The second kappa shape index (κ2) is 5.96. The van der Waals surface area contributed by atoms with Crippen LogP contribution >= 0.6 is 27.5 Å². The summed E-state index contributed by atoms with van der Waals surface area (Å²) in [4.78, 5) is 13.5. The maximum atomic E-state index is 12.3. The SMILES string of the molecule is O=[N+]([O-])c1ccc(Br)cc1S(=O)(=O)Nc1ccnc(Cl)c1. The van der Waals surface area contributed by atoms with Gasteiger partial charge >= 0.3 is 0 Å². The number of benzene rings is 1. The summed E-state index contributed by atoms with van der Waals surface area (Å²) >= 11 is 8.75. The zero-order valence-corrected chi connectivity index (χ0v) is 13.3. The summed E-state index contributed by atoms with van der Waals surface area (Å²) in [7, 11) is -4.14. The monoisotopic (exact) mass is 391 g/mol. The molecule has 0 unspecified atom stereocenters. The van der Waals surface area contributed by atoms with Crippen LogP contribution in [0.5, 0.6) is 0 Å². The number of halogens is 2. The first-order chi connectivity index (χ1) is 9.79. The van der Waals surface area contributed by atoms with Crippen LogP contribution in [0.4, 0.5) is 11.4 Å². The number of hydrogen-bond donors (Lipinski definition) is 1. The molecule has 0 atom stereocenters. The maximum absolute atomic E-state index is 12.3.